The molecule has 1 aromatic carbocycles. The van der Waals surface area contributed by atoms with Crippen molar-refractivity contribution in [3.05, 3.63) is 47.1 Å². The fraction of sp³-hybridized carbons (Fsp3) is 0. The molecule has 4 nitrogen and oxygen atoms in total. The van der Waals surface area contributed by atoms with E-state index in [2.05, 4.69) is 4.98 Å². The summed E-state index contributed by atoms with van der Waals surface area (Å²) < 4.78 is 5.46. The second kappa shape index (κ2) is 4.73. The SMILES string of the molecule is N#Cc1ccnc(Oc2ccc(Cl)cc2N)c1. The van der Waals surface area contributed by atoms with Crippen molar-refractivity contribution in [3.63, 3.8) is 0 Å². The molecule has 1 heterocycles. The third kappa shape index (κ3) is 2.65. The first-order valence-corrected chi connectivity index (χ1v) is 5.16. The number of anilines is 1. The molecule has 0 spiro atoms. The molecule has 2 rings (SSSR count). The number of hydrogen-bond acceptors (Lipinski definition) is 4. The zero-order chi connectivity index (χ0) is 12.3. The summed E-state index contributed by atoms with van der Waals surface area (Å²) in [4.78, 5) is 3.98. The Morgan fingerprint density at radius 3 is 2.82 bits per heavy atom. The highest BCUT2D eigenvalue weighted by molar-refractivity contribution is 6.30. The molecule has 0 atom stereocenters. The third-order valence-electron chi connectivity index (χ3n) is 2.05. The van der Waals surface area contributed by atoms with Crippen LogP contribution in [0.2, 0.25) is 5.02 Å². The van der Waals surface area contributed by atoms with Crippen LogP contribution in [0.3, 0.4) is 0 Å². The third-order valence-corrected chi connectivity index (χ3v) is 2.29. The topological polar surface area (TPSA) is 71.9 Å². The molecule has 0 fully saturated rings. The maximum absolute atomic E-state index is 8.74. The molecule has 0 unspecified atom stereocenters. The van der Waals surface area contributed by atoms with Crippen LogP contribution in [-0.4, -0.2) is 4.98 Å². The molecule has 5 heteroatoms. The van der Waals surface area contributed by atoms with Crippen LogP contribution in [0.15, 0.2) is 36.5 Å². The van der Waals surface area contributed by atoms with Crippen LogP contribution >= 0.6 is 11.6 Å². The molecule has 0 aliphatic rings. The van der Waals surface area contributed by atoms with E-state index in [0.717, 1.165) is 0 Å². The number of rotatable bonds is 2. The molecular weight excluding hydrogens is 238 g/mol. The summed E-state index contributed by atoms with van der Waals surface area (Å²) in [7, 11) is 0. The quantitative estimate of drug-likeness (QED) is 0.826. The van der Waals surface area contributed by atoms with E-state index in [0.29, 0.717) is 27.9 Å². The van der Waals surface area contributed by atoms with Crippen molar-refractivity contribution in [3.8, 4) is 17.7 Å². The molecule has 0 radical (unpaired) electrons. The average molecular weight is 246 g/mol. The van der Waals surface area contributed by atoms with E-state index >= 15 is 0 Å². The number of halogens is 1. The van der Waals surface area contributed by atoms with Gasteiger partial charge in [-0.1, -0.05) is 11.6 Å². The number of nitrogens with zero attached hydrogens (tertiary/aromatic N) is 2. The summed E-state index contributed by atoms with van der Waals surface area (Å²) >= 11 is 5.77. The second-order valence-electron chi connectivity index (χ2n) is 3.28. The number of pyridine rings is 1. The summed E-state index contributed by atoms with van der Waals surface area (Å²) in [6.45, 7) is 0. The van der Waals surface area contributed by atoms with Crippen LogP contribution in [0, 0.1) is 11.3 Å². The minimum Gasteiger partial charge on any atom is -0.437 e. The van der Waals surface area contributed by atoms with Crippen LogP contribution in [0.4, 0.5) is 5.69 Å². The zero-order valence-electron chi connectivity index (χ0n) is 8.72. The zero-order valence-corrected chi connectivity index (χ0v) is 9.48. The summed E-state index contributed by atoms with van der Waals surface area (Å²) in [6, 6.07) is 10.0. The van der Waals surface area contributed by atoms with Gasteiger partial charge < -0.3 is 10.5 Å². The van der Waals surface area contributed by atoms with Crippen molar-refractivity contribution >= 4 is 17.3 Å². The Morgan fingerprint density at radius 1 is 1.29 bits per heavy atom. The fourth-order valence-electron chi connectivity index (χ4n) is 1.26. The van der Waals surface area contributed by atoms with E-state index in [1.54, 1.807) is 24.3 Å². The van der Waals surface area contributed by atoms with Gasteiger partial charge in [-0.2, -0.15) is 5.26 Å². The lowest BCUT2D eigenvalue weighted by Gasteiger charge is -2.07. The minimum absolute atomic E-state index is 0.318. The smallest absolute Gasteiger partial charge is 0.220 e. The molecule has 2 N–H and O–H groups in total. The Labute approximate surface area is 103 Å². The molecule has 0 saturated heterocycles. The van der Waals surface area contributed by atoms with Crippen LogP contribution in [0.5, 0.6) is 11.6 Å². The number of nitriles is 1. The van der Waals surface area contributed by atoms with Gasteiger partial charge in [0.15, 0.2) is 5.75 Å². The van der Waals surface area contributed by atoms with Crippen molar-refractivity contribution in [1.29, 1.82) is 5.26 Å². The van der Waals surface area contributed by atoms with Gasteiger partial charge in [0.1, 0.15) is 0 Å². The molecule has 0 bridgehead atoms. The van der Waals surface area contributed by atoms with Gasteiger partial charge in [-0.3, -0.25) is 0 Å². The largest absolute Gasteiger partial charge is 0.437 e. The first-order chi connectivity index (χ1) is 8.19. The molecule has 0 aliphatic carbocycles. The fourth-order valence-corrected chi connectivity index (χ4v) is 1.44. The molecule has 0 aliphatic heterocycles. The van der Waals surface area contributed by atoms with E-state index < -0.39 is 0 Å². The van der Waals surface area contributed by atoms with Gasteiger partial charge in [-0.05, 0) is 24.3 Å². The van der Waals surface area contributed by atoms with Gasteiger partial charge in [0.25, 0.3) is 0 Å². The molecular formula is C12H8ClN3O. The second-order valence-corrected chi connectivity index (χ2v) is 3.72. The number of hydrogen-bond donors (Lipinski definition) is 1. The Kier molecular flexibility index (Phi) is 3.12. The molecule has 17 heavy (non-hydrogen) atoms. The first-order valence-electron chi connectivity index (χ1n) is 4.78. The lowest BCUT2D eigenvalue weighted by atomic mass is 10.3. The summed E-state index contributed by atoms with van der Waals surface area (Å²) in [5.41, 5.74) is 6.63. The van der Waals surface area contributed by atoms with Gasteiger partial charge in [0.05, 0.1) is 17.3 Å². The Bertz CT molecular complexity index is 593. The average Bonchev–Trinajstić information content (AvgIpc) is 2.33. The van der Waals surface area contributed by atoms with Gasteiger partial charge in [0.2, 0.25) is 5.88 Å². The van der Waals surface area contributed by atoms with Crippen molar-refractivity contribution in [2.75, 3.05) is 5.73 Å². The van der Waals surface area contributed by atoms with E-state index in [4.69, 9.17) is 27.3 Å². The maximum Gasteiger partial charge on any atom is 0.220 e. The number of nitrogen functional groups attached to an aromatic ring is 1. The number of ether oxygens (including phenoxy) is 1. The van der Waals surface area contributed by atoms with E-state index in [1.165, 1.54) is 12.3 Å². The highest BCUT2D eigenvalue weighted by atomic mass is 35.5. The maximum atomic E-state index is 8.74. The van der Waals surface area contributed by atoms with Gasteiger partial charge in [-0.15, -0.1) is 0 Å². The van der Waals surface area contributed by atoms with Crippen molar-refractivity contribution in [2.24, 2.45) is 0 Å². The normalized spacial score (nSPS) is 9.65. The lowest BCUT2D eigenvalue weighted by Crippen LogP contribution is -1.93. The Morgan fingerprint density at radius 2 is 2.12 bits per heavy atom. The monoisotopic (exact) mass is 245 g/mol. The number of nitrogens with two attached hydrogens (primary N) is 1. The van der Waals surface area contributed by atoms with Crippen LogP contribution < -0.4 is 10.5 Å². The van der Waals surface area contributed by atoms with Crippen LogP contribution in [0.25, 0.3) is 0 Å². The van der Waals surface area contributed by atoms with Crippen LogP contribution in [0.1, 0.15) is 5.56 Å². The molecule has 84 valence electrons. The van der Waals surface area contributed by atoms with Crippen molar-refractivity contribution < 1.29 is 4.74 Å². The first kappa shape index (κ1) is 11.2. The predicted octanol–water partition coefficient (Wildman–Crippen LogP) is 2.98. The highest BCUT2D eigenvalue weighted by Gasteiger charge is 2.04. The van der Waals surface area contributed by atoms with E-state index in [9.17, 15) is 0 Å². The number of benzene rings is 1. The molecule has 0 amide bonds. The summed E-state index contributed by atoms with van der Waals surface area (Å²) in [6.07, 6.45) is 1.50. The standard InChI is InChI=1S/C12H8ClN3O/c13-9-1-2-11(10(15)6-9)17-12-5-8(7-14)3-4-16-12/h1-6H,15H2. The molecule has 1 aromatic heterocycles. The molecule has 0 saturated carbocycles. The van der Waals surface area contributed by atoms with Crippen LogP contribution in [-0.2, 0) is 0 Å². The van der Waals surface area contributed by atoms with Gasteiger partial charge in [0, 0.05) is 17.3 Å². The highest BCUT2D eigenvalue weighted by Crippen LogP contribution is 2.28. The van der Waals surface area contributed by atoms with E-state index in [-0.39, 0.29) is 0 Å². The van der Waals surface area contributed by atoms with Gasteiger partial charge in [-0.25, -0.2) is 4.98 Å². The van der Waals surface area contributed by atoms with E-state index in [1.807, 2.05) is 6.07 Å². The molecule has 2 aromatic rings. The van der Waals surface area contributed by atoms with Crippen molar-refractivity contribution in [1.82, 2.24) is 4.98 Å². The predicted molar refractivity (Wildman–Crippen MR) is 64.9 cm³/mol. The van der Waals surface area contributed by atoms with Gasteiger partial charge >= 0.3 is 0 Å². The summed E-state index contributed by atoms with van der Waals surface area (Å²) in [5.74, 6) is 0.773. The Balaban J connectivity index is 2.28. The number of aromatic nitrogens is 1. The lowest BCUT2D eigenvalue weighted by molar-refractivity contribution is 0.465. The minimum atomic E-state index is 0.318. The Hall–Kier alpha value is -2.25. The van der Waals surface area contributed by atoms with Crippen molar-refractivity contribution in [2.45, 2.75) is 0 Å². The summed E-state index contributed by atoms with van der Waals surface area (Å²) in [5, 5.41) is 9.28.